The van der Waals surface area contributed by atoms with E-state index in [4.69, 9.17) is 4.74 Å². The number of ether oxygens (including phenoxy) is 1. The average molecular weight is 394 g/mol. The first-order valence-electron chi connectivity index (χ1n) is 7.44. The summed E-state index contributed by atoms with van der Waals surface area (Å²) in [7, 11) is 0. The first kappa shape index (κ1) is 16.2. The molecule has 1 amide bonds. The second kappa shape index (κ2) is 7.27. The van der Waals surface area contributed by atoms with E-state index in [1.165, 1.54) is 11.3 Å². The second-order valence-corrected chi connectivity index (χ2v) is 7.20. The number of carbonyl (C=O) groups is 2. The molecule has 0 spiro atoms. The van der Waals surface area contributed by atoms with Crippen LogP contribution in [0.1, 0.15) is 22.5 Å². The fourth-order valence-electron chi connectivity index (χ4n) is 2.59. The third kappa shape index (κ3) is 3.82. The molecule has 2 heterocycles. The van der Waals surface area contributed by atoms with E-state index in [0.29, 0.717) is 31.7 Å². The summed E-state index contributed by atoms with van der Waals surface area (Å²) < 4.78 is 6.23. The Labute approximate surface area is 147 Å². The summed E-state index contributed by atoms with van der Waals surface area (Å²) in [5.41, 5.74) is 0. The molecule has 3 rings (SSSR count). The number of thiophene rings is 1. The minimum absolute atomic E-state index is 0.0534. The number of benzene rings is 1. The van der Waals surface area contributed by atoms with Crippen LogP contribution < -0.4 is 4.74 Å². The van der Waals surface area contributed by atoms with E-state index < -0.39 is 0 Å². The third-order valence-corrected chi connectivity index (χ3v) is 5.41. The highest BCUT2D eigenvalue weighted by molar-refractivity contribution is 9.10. The lowest BCUT2D eigenvalue weighted by molar-refractivity contribution is -0.140. The number of piperidine rings is 1. The van der Waals surface area contributed by atoms with Gasteiger partial charge in [-0.15, -0.1) is 11.3 Å². The number of para-hydroxylation sites is 1. The maximum atomic E-state index is 12.3. The highest BCUT2D eigenvalue weighted by Crippen LogP contribution is 2.27. The van der Waals surface area contributed by atoms with Crippen molar-refractivity contribution in [1.29, 1.82) is 0 Å². The smallest absolute Gasteiger partial charge is 0.314 e. The Hall–Kier alpha value is -1.66. The van der Waals surface area contributed by atoms with Crippen LogP contribution in [-0.4, -0.2) is 29.9 Å². The predicted molar refractivity (Wildman–Crippen MR) is 92.7 cm³/mol. The molecule has 0 unspecified atom stereocenters. The van der Waals surface area contributed by atoms with Gasteiger partial charge in [0.25, 0.3) is 5.91 Å². The van der Waals surface area contributed by atoms with Crippen LogP contribution in [0.5, 0.6) is 5.75 Å². The Morgan fingerprint density at radius 3 is 2.52 bits per heavy atom. The number of hydrogen-bond donors (Lipinski definition) is 0. The fourth-order valence-corrected chi connectivity index (χ4v) is 3.65. The predicted octanol–water partition coefficient (Wildman–Crippen LogP) is 3.97. The lowest BCUT2D eigenvalue weighted by Gasteiger charge is -2.30. The largest absolute Gasteiger partial charge is 0.425 e. The highest BCUT2D eigenvalue weighted by atomic mass is 79.9. The minimum Gasteiger partial charge on any atom is -0.425 e. The summed E-state index contributed by atoms with van der Waals surface area (Å²) >= 11 is 4.82. The molecule has 0 N–H and O–H groups in total. The Kier molecular flexibility index (Phi) is 5.13. The molecule has 0 saturated carbocycles. The molecule has 2 aromatic rings. The number of halogens is 1. The van der Waals surface area contributed by atoms with E-state index in [9.17, 15) is 9.59 Å². The number of amides is 1. The molecule has 0 atom stereocenters. The number of nitrogens with zero attached hydrogens (tertiary/aromatic N) is 1. The number of rotatable bonds is 3. The van der Waals surface area contributed by atoms with Crippen LogP contribution in [-0.2, 0) is 4.79 Å². The van der Waals surface area contributed by atoms with Crippen LogP contribution >= 0.6 is 27.3 Å². The first-order valence-corrected chi connectivity index (χ1v) is 9.11. The SMILES string of the molecule is O=C(Oc1ccccc1Br)C1CCN(C(=O)c2cccs2)CC1. The molecule has 1 fully saturated rings. The van der Waals surface area contributed by atoms with Gasteiger partial charge in [0.05, 0.1) is 15.3 Å². The van der Waals surface area contributed by atoms with Crippen molar-refractivity contribution in [2.45, 2.75) is 12.8 Å². The van der Waals surface area contributed by atoms with Gasteiger partial charge in [0.1, 0.15) is 5.75 Å². The van der Waals surface area contributed by atoms with Gasteiger partial charge in [-0.1, -0.05) is 18.2 Å². The van der Waals surface area contributed by atoms with Crippen LogP contribution in [0.4, 0.5) is 0 Å². The van der Waals surface area contributed by atoms with Crippen molar-refractivity contribution in [2.24, 2.45) is 5.92 Å². The average Bonchev–Trinajstić information content (AvgIpc) is 3.11. The summed E-state index contributed by atoms with van der Waals surface area (Å²) in [5, 5.41) is 1.90. The van der Waals surface area contributed by atoms with Crippen molar-refractivity contribution in [1.82, 2.24) is 4.90 Å². The van der Waals surface area contributed by atoms with Gasteiger partial charge in [-0.05, 0) is 52.4 Å². The molecule has 23 heavy (non-hydrogen) atoms. The van der Waals surface area contributed by atoms with Crippen molar-refractivity contribution < 1.29 is 14.3 Å². The monoisotopic (exact) mass is 393 g/mol. The second-order valence-electron chi connectivity index (χ2n) is 5.40. The van der Waals surface area contributed by atoms with E-state index in [2.05, 4.69) is 15.9 Å². The highest BCUT2D eigenvalue weighted by Gasteiger charge is 2.29. The molecule has 0 radical (unpaired) electrons. The van der Waals surface area contributed by atoms with Crippen molar-refractivity contribution in [3.63, 3.8) is 0 Å². The molecule has 1 aromatic heterocycles. The first-order chi connectivity index (χ1) is 11.1. The molecule has 0 aliphatic carbocycles. The fraction of sp³-hybridized carbons (Fsp3) is 0.294. The molecule has 6 heteroatoms. The van der Waals surface area contributed by atoms with Crippen LogP contribution in [0.15, 0.2) is 46.3 Å². The molecule has 1 saturated heterocycles. The van der Waals surface area contributed by atoms with Gasteiger partial charge in [0, 0.05) is 13.1 Å². The summed E-state index contributed by atoms with van der Waals surface area (Å²) in [6, 6.07) is 11.0. The van der Waals surface area contributed by atoms with E-state index in [-0.39, 0.29) is 17.8 Å². The maximum absolute atomic E-state index is 12.3. The number of esters is 1. The number of carbonyl (C=O) groups excluding carboxylic acids is 2. The van der Waals surface area contributed by atoms with Gasteiger partial charge in [0.15, 0.2) is 0 Å². The van der Waals surface area contributed by atoms with E-state index in [0.717, 1.165) is 9.35 Å². The van der Waals surface area contributed by atoms with Crippen molar-refractivity contribution in [3.8, 4) is 5.75 Å². The van der Waals surface area contributed by atoms with Gasteiger partial charge in [-0.25, -0.2) is 0 Å². The zero-order chi connectivity index (χ0) is 16.2. The summed E-state index contributed by atoms with van der Waals surface area (Å²) in [6.07, 6.45) is 1.28. The van der Waals surface area contributed by atoms with Crippen molar-refractivity contribution in [2.75, 3.05) is 13.1 Å². The Bertz CT molecular complexity index is 694. The lowest BCUT2D eigenvalue weighted by Crippen LogP contribution is -2.40. The topological polar surface area (TPSA) is 46.6 Å². The Morgan fingerprint density at radius 2 is 1.87 bits per heavy atom. The van der Waals surface area contributed by atoms with Crippen LogP contribution in [0.2, 0.25) is 0 Å². The summed E-state index contributed by atoms with van der Waals surface area (Å²) in [5.74, 6) is 0.210. The third-order valence-electron chi connectivity index (χ3n) is 3.89. The normalized spacial score (nSPS) is 15.4. The summed E-state index contributed by atoms with van der Waals surface area (Å²) in [4.78, 5) is 27.1. The molecule has 0 bridgehead atoms. The van der Waals surface area contributed by atoms with Gasteiger partial charge < -0.3 is 9.64 Å². The molecular formula is C17H16BrNO3S. The standard InChI is InChI=1S/C17H16BrNO3S/c18-13-4-1-2-5-14(13)22-17(21)12-7-9-19(10-8-12)16(20)15-6-3-11-23-15/h1-6,11-12H,7-10H2. The zero-order valence-electron chi connectivity index (χ0n) is 12.4. The van der Waals surface area contributed by atoms with Crippen LogP contribution in [0, 0.1) is 5.92 Å². The molecule has 1 aliphatic heterocycles. The number of likely N-dealkylation sites (tertiary alicyclic amines) is 1. The molecule has 1 aromatic carbocycles. The van der Waals surface area contributed by atoms with Crippen LogP contribution in [0.25, 0.3) is 0 Å². The number of hydrogen-bond acceptors (Lipinski definition) is 4. The minimum atomic E-state index is -0.222. The van der Waals surface area contributed by atoms with E-state index in [1.54, 1.807) is 6.07 Å². The summed E-state index contributed by atoms with van der Waals surface area (Å²) in [6.45, 7) is 1.18. The molecular weight excluding hydrogens is 378 g/mol. The molecule has 120 valence electrons. The van der Waals surface area contributed by atoms with Crippen molar-refractivity contribution >= 4 is 39.1 Å². The Balaban J connectivity index is 1.55. The quantitative estimate of drug-likeness (QED) is 0.585. The van der Waals surface area contributed by atoms with Gasteiger partial charge in [-0.2, -0.15) is 0 Å². The van der Waals surface area contributed by atoms with Gasteiger partial charge >= 0.3 is 5.97 Å². The maximum Gasteiger partial charge on any atom is 0.314 e. The van der Waals surface area contributed by atoms with Gasteiger partial charge in [0.2, 0.25) is 0 Å². The Morgan fingerprint density at radius 1 is 1.13 bits per heavy atom. The lowest BCUT2D eigenvalue weighted by atomic mass is 9.97. The van der Waals surface area contributed by atoms with Gasteiger partial charge in [-0.3, -0.25) is 9.59 Å². The van der Waals surface area contributed by atoms with E-state index in [1.807, 2.05) is 40.6 Å². The van der Waals surface area contributed by atoms with Crippen LogP contribution in [0.3, 0.4) is 0 Å². The van der Waals surface area contributed by atoms with E-state index >= 15 is 0 Å². The van der Waals surface area contributed by atoms with Crippen molar-refractivity contribution in [3.05, 3.63) is 51.1 Å². The zero-order valence-corrected chi connectivity index (χ0v) is 14.8. The molecule has 4 nitrogen and oxygen atoms in total. The molecule has 1 aliphatic rings.